The van der Waals surface area contributed by atoms with Crippen LogP contribution >= 0.6 is 0 Å². The molecule has 0 radical (unpaired) electrons. The zero-order chi connectivity index (χ0) is 13.3. The van der Waals surface area contributed by atoms with Gasteiger partial charge < -0.3 is 14.5 Å². The predicted octanol–water partition coefficient (Wildman–Crippen LogP) is 1.25. The summed E-state index contributed by atoms with van der Waals surface area (Å²) < 4.78 is 6.05. The van der Waals surface area contributed by atoms with Crippen LogP contribution in [0.2, 0.25) is 0 Å². The van der Waals surface area contributed by atoms with Crippen molar-refractivity contribution in [2.45, 2.75) is 25.0 Å². The van der Waals surface area contributed by atoms with Gasteiger partial charge in [-0.15, -0.1) is 0 Å². The van der Waals surface area contributed by atoms with Crippen molar-refractivity contribution in [1.82, 2.24) is 9.80 Å². The molecule has 0 N–H and O–H groups in total. The Morgan fingerprint density at radius 3 is 2.44 bits per heavy atom. The molecule has 2 aliphatic carbocycles. The Balaban J connectivity index is 2.19. The number of carbonyl (C=O) groups excluding carboxylic acids is 1. The number of carbonyl (C=O) groups is 1. The molecule has 100 valence electrons. The van der Waals surface area contributed by atoms with Gasteiger partial charge in [0.25, 0.3) is 0 Å². The summed E-state index contributed by atoms with van der Waals surface area (Å²) in [4.78, 5) is 15.9. The Morgan fingerprint density at radius 1 is 1.28 bits per heavy atom. The maximum absolute atomic E-state index is 12.2. The first-order valence-corrected chi connectivity index (χ1v) is 6.43. The Labute approximate surface area is 109 Å². The van der Waals surface area contributed by atoms with E-state index in [1.54, 1.807) is 19.0 Å². The monoisotopic (exact) mass is 250 g/mol. The standard InChI is InChI=1S/C14H22N2O2/c1-15(2)12-7-5-6-11(14(17)16(3)4)13(12)18-10-8-9-10/h5-7,10-11,13H,8-9H2,1-4H3. The smallest absolute Gasteiger partial charge is 0.232 e. The first kappa shape index (κ1) is 13.1. The van der Waals surface area contributed by atoms with Gasteiger partial charge in [0.05, 0.1) is 12.0 Å². The fraction of sp³-hybridized carbons (Fsp3) is 0.643. The molecular formula is C14H22N2O2. The van der Waals surface area contributed by atoms with Crippen LogP contribution in [-0.4, -0.2) is 56.1 Å². The van der Waals surface area contributed by atoms with Crippen LogP contribution in [-0.2, 0) is 9.53 Å². The highest BCUT2D eigenvalue weighted by Gasteiger charge is 2.37. The summed E-state index contributed by atoms with van der Waals surface area (Å²) in [6.07, 6.45) is 8.35. The molecule has 0 aromatic heterocycles. The number of likely N-dealkylation sites (N-methyl/N-ethyl adjacent to an activating group) is 1. The molecule has 0 aliphatic heterocycles. The molecule has 2 atom stereocenters. The topological polar surface area (TPSA) is 32.8 Å². The van der Waals surface area contributed by atoms with Gasteiger partial charge in [0.2, 0.25) is 5.91 Å². The van der Waals surface area contributed by atoms with E-state index in [-0.39, 0.29) is 17.9 Å². The number of allylic oxidation sites excluding steroid dienone is 2. The zero-order valence-corrected chi connectivity index (χ0v) is 11.6. The molecule has 4 heteroatoms. The van der Waals surface area contributed by atoms with Crippen LogP contribution in [0.15, 0.2) is 23.9 Å². The van der Waals surface area contributed by atoms with E-state index in [4.69, 9.17) is 4.74 Å². The van der Waals surface area contributed by atoms with Gasteiger partial charge in [0.15, 0.2) is 0 Å². The minimum atomic E-state index is -0.206. The predicted molar refractivity (Wildman–Crippen MR) is 71.0 cm³/mol. The first-order chi connectivity index (χ1) is 8.50. The van der Waals surface area contributed by atoms with Crippen LogP contribution in [0.1, 0.15) is 12.8 Å². The molecule has 1 fully saturated rings. The van der Waals surface area contributed by atoms with Gasteiger partial charge in [-0.3, -0.25) is 4.79 Å². The molecule has 4 nitrogen and oxygen atoms in total. The summed E-state index contributed by atoms with van der Waals surface area (Å²) in [7, 11) is 7.56. The molecular weight excluding hydrogens is 228 g/mol. The normalized spacial score (nSPS) is 26.8. The maximum atomic E-state index is 12.2. The average molecular weight is 250 g/mol. The number of amides is 1. The molecule has 0 aromatic carbocycles. The molecule has 2 rings (SSSR count). The fourth-order valence-electron chi connectivity index (χ4n) is 2.13. The highest BCUT2D eigenvalue weighted by atomic mass is 16.5. The summed E-state index contributed by atoms with van der Waals surface area (Å²) >= 11 is 0. The molecule has 1 saturated carbocycles. The molecule has 0 spiro atoms. The fourth-order valence-corrected chi connectivity index (χ4v) is 2.13. The van der Waals surface area contributed by atoms with Crippen molar-refractivity contribution in [3.63, 3.8) is 0 Å². The van der Waals surface area contributed by atoms with Crippen molar-refractivity contribution in [2.75, 3.05) is 28.2 Å². The van der Waals surface area contributed by atoms with E-state index in [2.05, 4.69) is 0 Å². The SMILES string of the molecule is CN(C)C(=O)C1C=CC=C(N(C)C)C1OC1CC1. The third kappa shape index (κ3) is 2.75. The van der Waals surface area contributed by atoms with Crippen molar-refractivity contribution in [3.05, 3.63) is 23.9 Å². The highest BCUT2D eigenvalue weighted by molar-refractivity contribution is 5.81. The van der Waals surface area contributed by atoms with Crippen LogP contribution in [0, 0.1) is 5.92 Å². The average Bonchev–Trinajstić information content (AvgIpc) is 3.11. The molecule has 0 bridgehead atoms. The van der Waals surface area contributed by atoms with Gasteiger partial charge in [-0.25, -0.2) is 0 Å². The summed E-state index contributed by atoms with van der Waals surface area (Å²) in [5.74, 6) is -0.104. The Bertz CT molecular complexity index is 381. The second-order valence-electron chi connectivity index (χ2n) is 5.39. The Hall–Kier alpha value is -1.29. The van der Waals surface area contributed by atoms with E-state index >= 15 is 0 Å². The van der Waals surface area contributed by atoms with Crippen molar-refractivity contribution >= 4 is 5.91 Å². The third-order valence-corrected chi connectivity index (χ3v) is 3.31. The highest BCUT2D eigenvalue weighted by Crippen LogP contribution is 2.33. The summed E-state index contributed by atoms with van der Waals surface area (Å²) in [6, 6.07) is 0. The van der Waals surface area contributed by atoms with E-state index < -0.39 is 0 Å². The van der Waals surface area contributed by atoms with Gasteiger partial charge >= 0.3 is 0 Å². The number of hydrogen-bond acceptors (Lipinski definition) is 3. The lowest BCUT2D eigenvalue weighted by Crippen LogP contribution is -2.42. The molecule has 2 unspecified atom stereocenters. The van der Waals surface area contributed by atoms with E-state index in [0.717, 1.165) is 18.5 Å². The summed E-state index contributed by atoms with van der Waals surface area (Å²) in [5, 5.41) is 0. The second kappa shape index (κ2) is 5.14. The van der Waals surface area contributed by atoms with Crippen molar-refractivity contribution in [3.8, 4) is 0 Å². The van der Waals surface area contributed by atoms with Crippen LogP contribution in [0.4, 0.5) is 0 Å². The third-order valence-electron chi connectivity index (χ3n) is 3.31. The minimum absolute atomic E-state index is 0.101. The number of nitrogens with zero attached hydrogens (tertiary/aromatic N) is 2. The largest absolute Gasteiger partial charge is 0.379 e. The molecule has 1 amide bonds. The second-order valence-corrected chi connectivity index (χ2v) is 5.39. The van der Waals surface area contributed by atoms with E-state index in [1.807, 2.05) is 37.2 Å². The summed E-state index contributed by atoms with van der Waals surface area (Å²) in [6.45, 7) is 0. The van der Waals surface area contributed by atoms with Gasteiger partial charge in [0.1, 0.15) is 6.10 Å². The Kier molecular flexibility index (Phi) is 3.76. The zero-order valence-electron chi connectivity index (χ0n) is 11.6. The van der Waals surface area contributed by atoms with Crippen molar-refractivity contribution in [1.29, 1.82) is 0 Å². The van der Waals surface area contributed by atoms with Gasteiger partial charge in [-0.05, 0) is 18.9 Å². The Morgan fingerprint density at radius 2 is 1.94 bits per heavy atom. The van der Waals surface area contributed by atoms with Crippen LogP contribution < -0.4 is 0 Å². The van der Waals surface area contributed by atoms with Crippen LogP contribution in [0.3, 0.4) is 0 Å². The number of hydrogen-bond donors (Lipinski definition) is 0. The number of ether oxygens (including phenoxy) is 1. The molecule has 2 aliphatic rings. The molecule has 0 heterocycles. The molecule has 18 heavy (non-hydrogen) atoms. The summed E-state index contributed by atoms with van der Waals surface area (Å²) in [5.41, 5.74) is 1.07. The lowest BCUT2D eigenvalue weighted by atomic mass is 9.92. The van der Waals surface area contributed by atoms with E-state index in [0.29, 0.717) is 6.10 Å². The molecule has 0 saturated heterocycles. The molecule has 0 aromatic rings. The van der Waals surface area contributed by atoms with Gasteiger partial charge in [-0.1, -0.05) is 12.2 Å². The number of rotatable bonds is 4. The lowest BCUT2D eigenvalue weighted by Gasteiger charge is -2.33. The van der Waals surface area contributed by atoms with Crippen LogP contribution in [0.25, 0.3) is 0 Å². The van der Waals surface area contributed by atoms with Gasteiger partial charge in [-0.2, -0.15) is 0 Å². The maximum Gasteiger partial charge on any atom is 0.232 e. The van der Waals surface area contributed by atoms with E-state index in [9.17, 15) is 4.79 Å². The van der Waals surface area contributed by atoms with Crippen molar-refractivity contribution in [2.24, 2.45) is 5.92 Å². The first-order valence-electron chi connectivity index (χ1n) is 6.43. The lowest BCUT2D eigenvalue weighted by molar-refractivity contribution is -0.135. The van der Waals surface area contributed by atoms with Crippen molar-refractivity contribution < 1.29 is 9.53 Å². The quantitative estimate of drug-likeness (QED) is 0.753. The van der Waals surface area contributed by atoms with E-state index in [1.165, 1.54) is 0 Å². The minimum Gasteiger partial charge on any atom is -0.379 e. The van der Waals surface area contributed by atoms with Gasteiger partial charge in [0, 0.05) is 33.9 Å². The van der Waals surface area contributed by atoms with Crippen LogP contribution in [0.5, 0.6) is 0 Å².